The minimum Gasteiger partial charge on any atom is -0.368 e. The Labute approximate surface area is 123 Å². The van der Waals surface area contributed by atoms with E-state index < -0.39 is 18.0 Å². The minimum atomic E-state index is -0.658. The third-order valence-electron chi connectivity index (χ3n) is 2.87. The van der Waals surface area contributed by atoms with Gasteiger partial charge in [0.05, 0.1) is 0 Å². The summed E-state index contributed by atoms with van der Waals surface area (Å²) in [6, 6.07) is 6.87. The summed E-state index contributed by atoms with van der Waals surface area (Å²) in [4.78, 5) is 24.1. The Hall–Kier alpha value is -1.69. The van der Waals surface area contributed by atoms with Gasteiger partial charge in [-0.1, -0.05) is 26.0 Å². The van der Waals surface area contributed by atoms with Crippen molar-refractivity contribution in [2.75, 3.05) is 6.26 Å². The number of hydrogen-bond acceptors (Lipinski definition) is 3. The fourth-order valence-electron chi connectivity index (χ4n) is 1.68. The number of hydrogen-bond donors (Lipinski definition) is 3. The lowest BCUT2D eigenvalue weighted by molar-refractivity contribution is -0.120. The molecular weight excluding hydrogens is 274 g/mol. The molecule has 0 spiro atoms. The maximum atomic E-state index is 11.7. The number of urea groups is 1. The summed E-state index contributed by atoms with van der Waals surface area (Å²) >= 11 is 1.67. The molecule has 6 heteroatoms. The van der Waals surface area contributed by atoms with E-state index in [1.165, 1.54) is 4.90 Å². The standard InChI is InChI=1S/C14H21N3O2S/c1-9(2)12(13(15)18)17-14(19)16-8-10-4-6-11(20-3)7-5-10/h4-7,9,12H,8H2,1-3H3,(H2,15,18)(H2,16,17,19)/t12-/m0/s1. The summed E-state index contributed by atoms with van der Waals surface area (Å²) in [7, 11) is 0. The summed E-state index contributed by atoms with van der Waals surface area (Å²) in [5, 5.41) is 5.29. The Morgan fingerprint density at radius 3 is 2.30 bits per heavy atom. The second-order valence-electron chi connectivity index (χ2n) is 4.80. The highest BCUT2D eigenvalue weighted by atomic mass is 32.2. The number of rotatable bonds is 6. The Morgan fingerprint density at radius 1 is 1.25 bits per heavy atom. The van der Waals surface area contributed by atoms with E-state index in [0.717, 1.165) is 5.56 Å². The molecule has 3 amide bonds. The molecule has 0 saturated heterocycles. The molecule has 0 aliphatic rings. The predicted octanol–water partition coefficient (Wildman–Crippen LogP) is 1.72. The maximum Gasteiger partial charge on any atom is 0.315 e. The highest BCUT2D eigenvalue weighted by Crippen LogP contribution is 2.14. The first-order valence-electron chi connectivity index (χ1n) is 6.40. The lowest BCUT2D eigenvalue weighted by Gasteiger charge is -2.19. The summed E-state index contributed by atoms with van der Waals surface area (Å²) < 4.78 is 0. The number of benzene rings is 1. The second-order valence-corrected chi connectivity index (χ2v) is 5.68. The lowest BCUT2D eigenvalue weighted by atomic mass is 10.0. The van der Waals surface area contributed by atoms with Crippen LogP contribution in [0.5, 0.6) is 0 Å². The first kappa shape index (κ1) is 16.4. The number of nitrogens with two attached hydrogens (primary N) is 1. The Bertz CT molecular complexity index is 460. The van der Waals surface area contributed by atoms with Crippen LogP contribution in [-0.4, -0.2) is 24.2 Å². The highest BCUT2D eigenvalue weighted by Gasteiger charge is 2.21. The Morgan fingerprint density at radius 2 is 1.85 bits per heavy atom. The normalized spacial score (nSPS) is 12.0. The van der Waals surface area contributed by atoms with Crippen molar-refractivity contribution in [2.24, 2.45) is 11.7 Å². The van der Waals surface area contributed by atoms with Crippen molar-refractivity contribution >= 4 is 23.7 Å². The molecular formula is C14H21N3O2S. The molecule has 1 aromatic rings. The molecule has 20 heavy (non-hydrogen) atoms. The van der Waals surface area contributed by atoms with Crippen LogP contribution < -0.4 is 16.4 Å². The molecule has 0 saturated carbocycles. The molecule has 1 rings (SSSR count). The van der Waals surface area contributed by atoms with E-state index in [0.29, 0.717) is 6.54 Å². The van der Waals surface area contributed by atoms with Gasteiger partial charge in [0.2, 0.25) is 5.91 Å². The van der Waals surface area contributed by atoms with Crippen LogP contribution in [0.15, 0.2) is 29.2 Å². The van der Waals surface area contributed by atoms with Crippen LogP contribution in [0, 0.1) is 5.92 Å². The second kappa shape index (κ2) is 7.79. The SMILES string of the molecule is CSc1ccc(CNC(=O)N[C@H](C(N)=O)C(C)C)cc1. The van der Waals surface area contributed by atoms with Crippen molar-refractivity contribution in [3.8, 4) is 0 Å². The van der Waals surface area contributed by atoms with Gasteiger partial charge in [-0.15, -0.1) is 11.8 Å². The summed E-state index contributed by atoms with van der Waals surface area (Å²) in [5.41, 5.74) is 6.24. The van der Waals surface area contributed by atoms with Gasteiger partial charge in [-0.3, -0.25) is 4.79 Å². The number of carbonyl (C=O) groups excluding carboxylic acids is 2. The molecule has 0 aromatic heterocycles. The van der Waals surface area contributed by atoms with Crippen molar-refractivity contribution in [1.82, 2.24) is 10.6 Å². The predicted molar refractivity (Wildman–Crippen MR) is 81.4 cm³/mol. The zero-order chi connectivity index (χ0) is 15.1. The van der Waals surface area contributed by atoms with Gasteiger partial charge in [0.1, 0.15) is 6.04 Å². The summed E-state index contributed by atoms with van der Waals surface area (Å²) in [6.07, 6.45) is 2.01. The van der Waals surface area contributed by atoms with Crippen molar-refractivity contribution in [3.05, 3.63) is 29.8 Å². The van der Waals surface area contributed by atoms with Crippen molar-refractivity contribution in [1.29, 1.82) is 0 Å². The molecule has 4 N–H and O–H groups in total. The average Bonchev–Trinajstić information content (AvgIpc) is 2.42. The van der Waals surface area contributed by atoms with E-state index in [1.54, 1.807) is 11.8 Å². The van der Waals surface area contributed by atoms with Gasteiger partial charge in [-0.05, 0) is 29.9 Å². The van der Waals surface area contributed by atoms with E-state index in [4.69, 9.17) is 5.73 Å². The van der Waals surface area contributed by atoms with Gasteiger partial charge in [-0.2, -0.15) is 0 Å². The molecule has 0 radical (unpaired) electrons. The van der Waals surface area contributed by atoms with Crippen LogP contribution in [-0.2, 0) is 11.3 Å². The fourth-order valence-corrected chi connectivity index (χ4v) is 2.09. The number of primary amides is 1. The summed E-state index contributed by atoms with van der Waals surface area (Å²) in [5.74, 6) is -0.571. The Balaban J connectivity index is 2.47. The number of thioether (sulfide) groups is 1. The first-order chi connectivity index (χ1) is 9.43. The van der Waals surface area contributed by atoms with Crippen molar-refractivity contribution in [2.45, 2.75) is 31.3 Å². The monoisotopic (exact) mass is 295 g/mol. The van der Waals surface area contributed by atoms with Gasteiger partial charge >= 0.3 is 6.03 Å². The van der Waals surface area contributed by atoms with Gasteiger partial charge in [-0.25, -0.2) is 4.79 Å². The zero-order valence-electron chi connectivity index (χ0n) is 12.0. The number of amides is 3. The van der Waals surface area contributed by atoms with Crippen molar-refractivity contribution in [3.63, 3.8) is 0 Å². The van der Waals surface area contributed by atoms with Gasteiger partial charge < -0.3 is 16.4 Å². The Kier molecular flexibility index (Phi) is 6.38. The number of nitrogens with one attached hydrogen (secondary N) is 2. The lowest BCUT2D eigenvalue weighted by Crippen LogP contribution is -2.50. The highest BCUT2D eigenvalue weighted by molar-refractivity contribution is 7.98. The number of carbonyl (C=O) groups is 2. The van der Waals surface area contributed by atoms with Crippen molar-refractivity contribution < 1.29 is 9.59 Å². The van der Waals surface area contributed by atoms with Crippen LogP contribution in [0.3, 0.4) is 0 Å². The minimum absolute atomic E-state index is 0.0425. The van der Waals surface area contributed by atoms with E-state index in [9.17, 15) is 9.59 Å². The van der Waals surface area contributed by atoms with Crippen LogP contribution in [0.2, 0.25) is 0 Å². The molecule has 5 nitrogen and oxygen atoms in total. The fraction of sp³-hybridized carbons (Fsp3) is 0.429. The molecule has 0 aliphatic carbocycles. The average molecular weight is 295 g/mol. The molecule has 1 atom stereocenters. The van der Waals surface area contributed by atoms with Gasteiger partial charge in [0.15, 0.2) is 0 Å². The molecule has 110 valence electrons. The topological polar surface area (TPSA) is 84.2 Å². The maximum absolute atomic E-state index is 11.7. The molecule has 0 unspecified atom stereocenters. The molecule has 0 aliphatic heterocycles. The third-order valence-corrected chi connectivity index (χ3v) is 3.62. The van der Waals surface area contributed by atoms with Crippen LogP contribution >= 0.6 is 11.8 Å². The van der Waals surface area contributed by atoms with Gasteiger partial charge in [0, 0.05) is 11.4 Å². The largest absolute Gasteiger partial charge is 0.368 e. The smallest absolute Gasteiger partial charge is 0.315 e. The van der Waals surface area contributed by atoms with Gasteiger partial charge in [0.25, 0.3) is 0 Å². The van der Waals surface area contributed by atoms with Crippen LogP contribution in [0.1, 0.15) is 19.4 Å². The molecule has 0 heterocycles. The molecule has 1 aromatic carbocycles. The third kappa shape index (κ3) is 5.13. The summed E-state index contributed by atoms with van der Waals surface area (Å²) in [6.45, 7) is 4.07. The zero-order valence-corrected chi connectivity index (χ0v) is 12.8. The van der Waals surface area contributed by atoms with Crippen LogP contribution in [0.4, 0.5) is 4.79 Å². The van der Waals surface area contributed by atoms with Crippen LogP contribution in [0.25, 0.3) is 0 Å². The van der Waals surface area contributed by atoms with E-state index >= 15 is 0 Å². The molecule has 0 fully saturated rings. The molecule has 0 bridgehead atoms. The van der Waals surface area contributed by atoms with E-state index in [-0.39, 0.29) is 5.92 Å². The van der Waals surface area contributed by atoms with E-state index in [2.05, 4.69) is 10.6 Å². The quantitative estimate of drug-likeness (QED) is 0.699. The first-order valence-corrected chi connectivity index (χ1v) is 7.63. The van der Waals surface area contributed by atoms with E-state index in [1.807, 2.05) is 44.4 Å².